The summed E-state index contributed by atoms with van der Waals surface area (Å²) >= 11 is 0. The Morgan fingerprint density at radius 2 is 0.957 bits per heavy atom. The Labute approximate surface area is 268 Å². The largest absolute Gasteiger partial charge is 0.851 e. The summed E-state index contributed by atoms with van der Waals surface area (Å²) in [7, 11) is 0. The van der Waals surface area contributed by atoms with E-state index < -0.39 is 24.0 Å². The molecule has 0 spiro atoms. The first-order chi connectivity index (χ1) is 22.7. The lowest BCUT2D eigenvalue weighted by molar-refractivity contribution is -0.535. The minimum Gasteiger partial charge on any atom is -0.851 e. The molecule has 0 amide bonds. The maximum Gasteiger partial charge on any atom is 0.0481 e. The predicted octanol–water partition coefficient (Wildman–Crippen LogP) is 6.26. The van der Waals surface area contributed by atoms with Crippen LogP contribution in [-0.2, 0) is 25.7 Å². The van der Waals surface area contributed by atoms with E-state index in [1.54, 1.807) is 0 Å². The minimum atomic E-state index is -0.958. The van der Waals surface area contributed by atoms with Gasteiger partial charge in [0.1, 0.15) is 0 Å². The molecule has 228 valence electrons. The van der Waals surface area contributed by atoms with E-state index in [9.17, 15) is 10.2 Å². The van der Waals surface area contributed by atoms with Crippen LogP contribution in [0.4, 0.5) is 11.4 Å². The summed E-state index contributed by atoms with van der Waals surface area (Å²) in [4.78, 5) is 5.13. The first kappa shape index (κ1) is 26.0. The van der Waals surface area contributed by atoms with E-state index in [0.29, 0.717) is 0 Å². The Morgan fingerprint density at radius 3 is 1.43 bits per heavy atom. The molecule has 0 unspecified atom stereocenters. The van der Waals surface area contributed by atoms with E-state index in [-0.39, 0.29) is 0 Å². The third-order valence-electron chi connectivity index (χ3n) is 12.5. The topological polar surface area (TPSA) is 52.6 Å². The van der Waals surface area contributed by atoms with Crippen molar-refractivity contribution in [2.24, 2.45) is 0 Å². The first-order valence-electron chi connectivity index (χ1n) is 17.5. The average molecular weight is 601 g/mol. The zero-order chi connectivity index (χ0) is 30.3. The van der Waals surface area contributed by atoms with Crippen molar-refractivity contribution in [3.63, 3.8) is 0 Å². The highest BCUT2D eigenvalue weighted by atomic mass is 16.3. The van der Waals surface area contributed by atoms with Crippen molar-refractivity contribution in [2.45, 2.75) is 62.6 Å². The number of hydrogen-bond donors (Lipinski definition) is 0. The Morgan fingerprint density at radius 1 is 0.500 bits per heavy atom. The Kier molecular flexibility index (Phi) is 5.22. The van der Waals surface area contributed by atoms with Crippen molar-refractivity contribution in [3.8, 4) is 0 Å². The molecule has 0 atom stereocenters. The molecule has 0 aromatic heterocycles. The fourth-order valence-electron chi connectivity index (χ4n) is 10.5. The third-order valence-corrected chi connectivity index (χ3v) is 12.5. The molecule has 6 aromatic rings. The lowest BCUT2D eigenvalue weighted by Crippen LogP contribution is -2.63. The summed E-state index contributed by atoms with van der Waals surface area (Å²) in [5.74, 6) is -1.06. The summed E-state index contributed by atoms with van der Waals surface area (Å²) < 4.78 is 0. The van der Waals surface area contributed by atoms with Crippen LogP contribution in [0.15, 0.2) is 72.8 Å². The SMILES string of the molecule is [O-]C1C(c2cc3c4c5c(c6ccccc6cc25)CCN4CCC3)C([O-])C1c1cc2c3c4c(c5ccccc5cc14)CCN3CCC2. The lowest BCUT2D eigenvalue weighted by atomic mass is 9.61. The number of aryl methyl sites for hydroxylation is 2. The number of fused-ring (bicyclic) bond motifs is 4. The van der Waals surface area contributed by atoms with Crippen molar-refractivity contribution in [1.82, 2.24) is 0 Å². The minimum absolute atomic E-state index is 0.531. The van der Waals surface area contributed by atoms with Gasteiger partial charge in [0.05, 0.1) is 0 Å². The zero-order valence-corrected chi connectivity index (χ0v) is 26.0. The Balaban J connectivity index is 1.12. The Hall–Kier alpha value is -4.12. The van der Waals surface area contributed by atoms with Gasteiger partial charge in [-0.1, -0.05) is 60.7 Å². The van der Waals surface area contributed by atoms with Gasteiger partial charge in [-0.3, -0.25) is 0 Å². The van der Waals surface area contributed by atoms with Gasteiger partial charge in [0.15, 0.2) is 0 Å². The van der Waals surface area contributed by atoms with Gasteiger partial charge in [-0.25, -0.2) is 0 Å². The van der Waals surface area contributed by atoms with Crippen LogP contribution in [0.2, 0.25) is 0 Å². The fraction of sp³-hybridized carbons (Fsp3) is 0.333. The fourth-order valence-corrected chi connectivity index (χ4v) is 10.5. The number of rotatable bonds is 2. The van der Waals surface area contributed by atoms with Crippen molar-refractivity contribution in [1.29, 1.82) is 0 Å². The molecule has 6 aromatic carbocycles. The average Bonchev–Trinajstić information content (AvgIpc) is 3.09. The van der Waals surface area contributed by atoms with E-state index in [1.807, 2.05) is 0 Å². The van der Waals surface area contributed by atoms with Crippen molar-refractivity contribution in [2.75, 3.05) is 36.0 Å². The highest BCUT2D eigenvalue weighted by Gasteiger charge is 2.42. The summed E-state index contributed by atoms with van der Waals surface area (Å²) in [5.41, 5.74) is 10.3. The van der Waals surface area contributed by atoms with Crippen LogP contribution in [0.5, 0.6) is 0 Å². The smallest absolute Gasteiger partial charge is 0.0481 e. The van der Waals surface area contributed by atoms with Gasteiger partial charge in [-0.2, -0.15) is 0 Å². The quantitative estimate of drug-likeness (QED) is 0.220. The normalized spacial score (nSPS) is 24.7. The molecule has 4 heterocycles. The van der Waals surface area contributed by atoms with Crippen molar-refractivity contribution >= 4 is 54.5 Å². The summed E-state index contributed by atoms with van der Waals surface area (Å²) in [6, 6.07) is 26.6. The zero-order valence-electron chi connectivity index (χ0n) is 26.0. The van der Waals surface area contributed by atoms with Crippen LogP contribution in [-0.4, -0.2) is 38.4 Å². The number of hydrogen-bond acceptors (Lipinski definition) is 4. The standard InChI is InChI=1S/C42H36N2O2/c45-41-37(33-21-25-9-5-15-43-17-13-29-27-11-3-1-7-23(27)19-31(33)35(29)39(25)43)42(46)38(41)34-22-26-10-6-16-44-18-14-30-28-12-4-2-8-24(28)20-32(34)36(30)40(26)44/h1-4,7-8,11-12,19-22,37-38,41-42H,5-6,9-10,13-18H2/q-2. The molecule has 0 saturated heterocycles. The highest BCUT2D eigenvalue weighted by molar-refractivity contribution is 6.12. The molecule has 1 fully saturated rings. The monoisotopic (exact) mass is 600 g/mol. The highest BCUT2D eigenvalue weighted by Crippen LogP contribution is 2.54. The molecule has 0 radical (unpaired) electrons. The number of anilines is 2. The predicted molar refractivity (Wildman–Crippen MR) is 184 cm³/mol. The van der Waals surface area contributed by atoms with E-state index in [1.165, 1.54) is 65.9 Å². The molecule has 0 bridgehead atoms. The van der Waals surface area contributed by atoms with Crippen LogP contribution in [0.25, 0.3) is 43.1 Å². The molecule has 1 saturated carbocycles. The van der Waals surface area contributed by atoms with E-state index in [2.05, 4.69) is 82.6 Å². The van der Waals surface area contributed by atoms with Crippen LogP contribution in [0, 0.1) is 0 Å². The molecule has 4 heteroatoms. The number of benzene rings is 6. The molecular weight excluding hydrogens is 564 g/mol. The second kappa shape index (κ2) is 9.24. The summed E-state index contributed by atoms with van der Waals surface area (Å²) in [6.45, 7) is 4.27. The maximum absolute atomic E-state index is 14.7. The Bertz CT molecular complexity index is 2140. The first-order valence-corrected chi connectivity index (χ1v) is 17.5. The molecule has 4 nitrogen and oxygen atoms in total. The van der Waals surface area contributed by atoms with Crippen LogP contribution in [0.1, 0.15) is 58.1 Å². The summed E-state index contributed by atoms with van der Waals surface area (Å²) in [6.07, 6.45) is 4.40. The van der Waals surface area contributed by atoms with E-state index in [4.69, 9.17) is 0 Å². The second-order valence-electron chi connectivity index (χ2n) is 14.6. The van der Waals surface area contributed by atoms with Gasteiger partial charge < -0.3 is 20.0 Å². The van der Waals surface area contributed by atoms with Crippen LogP contribution in [0.3, 0.4) is 0 Å². The summed E-state index contributed by atoms with van der Waals surface area (Å²) in [5, 5.41) is 39.4. The van der Waals surface area contributed by atoms with Crippen LogP contribution >= 0.6 is 0 Å². The molecule has 46 heavy (non-hydrogen) atoms. The van der Waals surface area contributed by atoms with Gasteiger partial charge in [-0.05, 0) is 128 Å². The van der Waals surface area contributed by atoms with Crippen LogP contribution < -0.4 is 20.0 Å². The maximum atomic E-state index is 14.7. The van der Waals surface area contributed by atoms with Gasteiger partial charge in [0, 0.05) is 48.3 Å². The van der Waals surface area contributed by atoms with Gasteiger partial charge in [-0.15, -0.1) is 12.2 Å². The third kappa shape index (κ3) is 3.27. The van der Waals surface area contributed by atoms with Crippen molar-refractivity contribution < 1.29 is 10.2 Å². The second-order valence-corrected chi connectivity index (χ2v) is 14.6. The lowest BCUT2D eigenvalue weighted by Gasteiger charge is -2.62. The van der Waals surface area contributed by atoms with E-state index >= 15 is 0 Å². The molecule has 0 N–H and O–H groups in total. The molecule has 11 rings (SSSR count). The molecular formula is C42H36N2O2-2. The van der Waals surface area contributed by atoms with E-state index in [0.717, 1.165) is 86.6 Å². The van der Waals surface area contributed by atoms with Crippen molar-refractivity contribution in [3.05, 3.63) is 106 Å². The molecule has 1 aliphatic carbocycles. The van der Waals surface area contributed by atoms with Gasteiger partial charge in [0.25, 0.3) is 0 Å². The number of nitrogens with zero attached hydrogens (tertiary/aromatic N) is 2. The van der Waals surface area contributed by atoms with Gasteiger partial charge >= 0.3 is 0 Å². The molecule has 4 aliphatic heterocycles. The van der Waals surface area contributed by atoms with Gasteiger partial charge in [0.2, 0.25) is 0 Å². The molecule has 5 aliphatic rings.